The molecular weight excluding hydrogens is 294 g/mol. The van der Waals surface area contributed by atoms with Crippen molar-refractivity contribution in [3.05, 3.63) is 58.3 Å². The highest BCUT2D eigenvalue weighted by molar-refractivity contribution is 9.09. The highest BCUT2D eigenvalue weighted by atomic mass is 79.9. The van der Waals surface area contributed by atoms with Crippen molar-refractivity contribution in [3.63, 3.8) is 0 Å². The fourth-order valence-electron chi connectivity index (χ4n) is 1.80. The zero-order valence-electron chi connectivity index (χ0n) is 9.68. The van der Waals surface area contributed by atoms with Gasteiger partial charge in [-0.1, -0.05) is 52.3 Å². The average Bonchev–Trinajstić information content (AvgIpc) is 2.83. The first kappa shape index (κ1) is 12.8. The third-order valence-electron chi connectivity index (χ3n) is 2.61. The predicted octanol–water partition coefficient (Wildman–Crippen LogP) is 4.15. The Morgan fingerprint density at radius 3 is 2.47 bits per heavy atom. The summed E-state index contributed by atoms with van der Waals surface area (Å²) in [6, 6.07) is 15.0. The van der Waals surface area contributed by atoms with Gasteiger partial charge in [0.15, 0.2) is 0 Å². The Morgan fingerprint density at radius 2 is 1.82 bits per heavy atom. The molecule has 1 nitrogen and oxygen atoms in total. The summed E-state index contributed by atoms with van der Waals surface area (Å²) in [4.78, 5) is 3.90. The van der Waals surface area contributed by atoms with Crippen molar-refractivity contribution in [2.24, 2.45) is 0 Å². The summed E-state index contributed by atoms with van der Waals surface area (Å²) in [5, 5.41) is 3.16. The Labute approximate surface area is 115 Å². The molecule has 0 bridgehead atoms. The summed E-state index contributed by atoms with van der Waals surface area (Å²) in [5.41, 5.74) is 1.38. The second-order valence-corrected chi connectivity index (χ2v) is 5.79. The highest BCUT2D eigenvalue weighted by Gasteiger charge is 2.06. The molecule has 2 rings (SSSR count). The van der Waals surface area contributed by atoms with Crippen LogP contribution in [-0.4, -0.2) is 16.8 Å². The molecule has 0 radical (unpaired) electrons. The zero-order chi connectivity index (χ0) is 11.9. The van der Waals surface area contributed by atoms with Crippen LogP contribution in [0.1, 0.15) is 10.4 Å². The maximum atomic E-state index is 3.53. The van der Waals surface area contributed by atoms with E-state index in [0.29, 0.717) is 0 Å². The molecule has 0 unspecified atom stereocenters. The summed E-state index contributed by atoms with van der Waals surface area (Å²) in [6.45, 7) is 3.13. The molecule has 0 aliphatic rings. The quantitative estimate of drug-likeness (QED) is 0.725. The summed E-state index contributed by atoms with van der Waals surface area (Å²) in [5.74, 6) is 0. The fourth-order valence-corrected chi connectivity index (χ4v) is 3.05. The molecule has 0 amide bonds. The van der Waals surface area contributed by atoms with E-state index in [9.17, 15) is 0 Å². The van der Waals surface area contributed by atoms with Gasteiger partial charge in [0, 0.05) is 29.8 Å². The second kappa shape index (κ2) is 6.94. The van der Waals surface area contributed by atoms with Gasteiger partial charge in [0.25, 0.3) is 0 Å². The van der Waals surface area contributed by atoms with Crippen LogP contribution in [0, 0.1) is 0 Å². The number of hydrogen-bond acceptors (Lipinski definition) is 2. The van der Waals surface area contributed by atoms with E-state index < -0.39 is 0 Å². The number of hydrogen-bond donors (Lipinski definition) is 0. The third-order valence-corrected chi connectivity index (χ3v) is 3.83. The zero-order valence-corrected chi connectivity index (χ0v) is 12.1. The summed E-state index contributed by atoms with van der Waals surface area (Å²) >= 11 is 5.36. The number of rotatable bonds is 6. The topological polar surface area (TPSA) is 3.24 Å². The van der Waals surface area contributed by atoms with E-state index in [0.717, 1.165) is 25.0 Å². The lowest BCUT2D eigenvalue weighted by atomic mass is 10.2. The summed E-state index contributed by atoms with van der Waals surface area (Å²) in [6.07, 6.45) is 0. The van der Waals surface area contributed by atoms with Crippen LogP contribution in [0.3, 0.4) is 0 Å². The molecule has 0 saturated carbocycles. The lowest BCUT2D eigenvalue weighted by Gasteiger charge is -2.20. The number of halogens is 1. The maximum Gasteiger partial charge on any atom is 0.0331 e. The van der Waals surface area contributed by atoms with Gasteiger partial charge >= 0.3 is 0 Å². The lowest BCUT2D eigenvalue weighted by molar-refractivity contribution is 0.277. The monoisotopic (exact) mass is 309 g/mol. The molecule has 1 heterocycles. The molecule has 0 saturated heterocycles. The normalized spacial score (nSPS) is 10.9. The van der Waals surface area contributed by atoms with Gasteiger partial charge < -0.3 is 0 Å². The fraction of sp³-hybridized carbons (Fsp3) is 0.286. The molecule has 90 valence electrons. The van der Waals surface area contributed by atoms with E-state index in [2.05, 4.69) is 68.7 Å². The van der Waals surface area contributed by atoms with Gasteiger partial charge in [-0.25, -0.2) is 0 Å². The Bertz CT molecular complexity index is 413. The van der Waals surface area contributed by atoms with Crippen LogP contribution in [0.5, 0.6) is 0 Å². The van der Waals surface area contributed by atoms with Gasteiger partial charge in [-0.05, 0) is 17.0 Å². The second-order valence-electron chi connectivity index (χ2n) is 3.96. The third kappa shape index (κ3) is 4.26. The van der Waals surface area contributed by atoms with Gasteiger partial charge in [0.1, 0.15) is 0 Å². The van der Waals surface area contributed by atoms with Crippen LogP contribution in [0.4, 0.5) is 0 Å². The van der Waals surface area contributed by atoms with Gasteiger partial charge in [-0.15, -0.1) is 11.3 Å². The van der Waals surface area contributed by atoms with Crippen LogP contribution in [-0.2, 0) is 13.1 Å². The number of thiophene rings is 1. The highest BCUT2D eigenvalue weighted by Crippen LogP contribution is 2.14. The first-order chi connectivity index (χ1) is 8.38. The van der Waals surface area contributed by atoms with Crippen molar-refractivity contribution < 1.29 is 0 Å². The molecule has 0 spiro atoms. The van der Waals surface area contributed by atoms with Crippen molar-refractivity contribution >= 4 is 27.3 Å². The van der Waals surface area contributed by atoms with Crippen LogP contribution in [0.15, 0.2) is 47.8 Å². The molecular formula is C14H16BrNS. The Morgan fingerprint density at radius 1 is 1.00 bits per heavy atom. The number of nitrogens with zero attached hydrogens (tertiary/aromatic N) is 1. The number of alkyl halides is 1. The minimum absolute atomic E-state index is 1.02. The first-order valence-electron chi connectivity index (χ1n) is 5.73. The van der Waals surface area contributed by atoms with Gasteiger partial charge in [-0.3, -0.25) is 4.90 Å². The standard InChI is InChI=1S/C14H16BrNS/c15-8-9-16(12-14-7-4-10-17-14)11-13-5-2-1-3-6-13/h1-7,10H,8-9,11-12H2. The van der Waals surface area contributed by atoms with Crippen molar-refractivity contribution in [2.75, 3.05) is 11.9 Å². The van der Waals surface area contributed by atoms with E-state index >= 15 is 0 Å². The molecule has 2 aromatic rings. The molecule has 17 heavy (non-hydrogen) atoms. The molecule has 3 heteroatoms. The Kier molecular flexibility index (Phi) is 5.23. The summed E-state index contributed by atoms with van der Waals surface area (Å²) < 4.78 is 0. The smallest absolute Gasteiger partial charge is 0.0331 e. The molecule has 0 atom stereocenters. The average molecular weight is 310 g/mol. The first-order valence-corrected chi connectivity index (χ1v) is 7.73. The van der Waals surface area contributed by atoms with Crippen LogP contribution in [0.2, 0.25) is 0 Å². The molecule has 0 N–H and O–H groups in total. The van der Waals surface area contributed by atoms with Crippen molar-refractivity contribution in [1.82, 2.24) is 4.90 Å². The van der Waals surface area contributed by atoms with Crippen LogP contribution < -0.4 is 0 Å². The van der Waals surface area contributed by atoms with E-state index in [1.54, 1.807) is 0 Å². The van der Waals surface area contributed by atoms with Gasteiger partial charge in [0.2, 0.25) is 0 Å². The van der Waals surface area contributed by atoms with Crippen LogP contribution >= 0.6 is 27.3 Å². The Hall–Kier alpha value is -0.640. The summed E-state index contributed by atoms with van der Waals surface area (Å²) in [7, 11) is 0. The van der Waals surface area contributed by atoms with Gasteiger partial charge in [0.05, 0.1) is 0 Å². The minimum Gasteiger partial charge on any atom is -0.293 e. The molecule has 0 aliphatic carbocycles. The Balaban J connectivity index is 1.97. The van der Waals surface area contributed by atoms with Gasteiger partial charge in [-0.2, -0.15) is 0 Å². The maximum absolute atomic E-state index is 3.53. The van der Waals surface area contributed by atoms with Crippen molar-refractivity contribution in [2.45, 2.75) is 13.1 Å². The van der Waals surface area contributed by atoms with E-state index in [4.69, 9.17) is 0 Å². The molecule has 1 aromatic heterocycles. The van der Waals surface area contributed by atoms with Crippen molar-refractivity contribution in [3.8, 4) is 0 Å². The van der Waals surface area contributed by atoms with E-state index in [-0.39, 0.29) is 0 Å². The lowest BCUT2D eigenvalue weighted by Crippen LogP contribution is -2.24. The molecule has 0 fully saturated rings. The van der Waals surface area contributed by atoms with E-state index in [1.807, 2.05) is 11.3 Å². The predicted molar refractivity (Wildman–Crippen MR) is 78.7 cm³/mol. The molecule has 0 aliphatic heterocycles. The largest absolute Gasteiger partial charge is 0.293 e. The molecule has 1 aromatic carbocycles. The van der Waals surface area contributed by atoms with Crippen molar-refractivity contribution in [1.29, 1.82) is 0 Å². The van der Waals surface area contributed by atoms with Crippen LogP contribution in [0.25, 0.3) is 0 Å². The number of benzene rings is 1. The minimum atomic E-state index is 1.02. The SMILES string of the molecule is BrCCN(Cc1ccccc1)Cc1cccs1. The van der Waals surface area contributed by atoms with E-state index in [1.165, 1.54) is 10.4 Å².